The summed E-state index contributed by atoms with van der Waals surface area (Å²) in [6, 6.07) is 5.42. The topological polar surface area (TPSA) is 121 Å². The van der Waals surface area contributed by atoms with E-state index in [2.05, 4.69) is 0 Å². The molecule has 0 radical (unpaired) electrons. The van der Waals surface area contributed by atoms with Gasteiger partial charge in [0.25, 0.3) is 5.69 Å². The zero-order valence-corrected chi connectivity index (χ0v) is 14.7. The summed E-state index contributed by atoms with van der Waals surface area (Å²) < 4.78 is 23.3. The molecule has 1 spiro atoms. The Hall–Kier alpha value is -1.78. The summed E-state index contributed by atoms with van der Waals surface area (Å²) in [6.45, 7) is 0.245. The molecule has 3 aliphatic rings. The lowest BCUT2D eigenvalue weighted by molar-refractivity contribution is -0.388. The summed E-state index contributed by atoms with van der Waals surface area (Å²) in [5.41, 5.74) is -0.0700. The molecule has 2 saturated heterocycles. The van der Waals surface area contributed by atoms with E-state index in [0.29, 0.717) is 0 Å². The Morgan fingerprint density at radius 2 is 1.81 bits per heavy atom. The number of rotatable bonds is 3. The van der Waals surface area contributed by atoms with Crippen molar-refractivity contribution >= 4 is 5.69 Å². The Morgan fingerprint density at radius 3 is 2.48 bits per heavy atom. The summed E-state index contributed by atoms with van der Waals surface area (Å²) in [5, 5.41) is 31.7. The Balaban J connectivity index is 1.43. The van der Waals surface area contributed by atoms with Crippen LogP contribution in [0.5, 0.6) is 5.75 Å². The summed E-state index contributed by atoms with van der Waals surface area (Å²) in [5.74, 6) is -0.410. The first-order chi connectivity index (χ1) is 13.0. The molecule has 1 aromatic carbocycles. The van der Waals surface area contributed by atoms with Crippen LogP contribution in [0.15, 0.2) is 24.3 Å². The van der Waals surface area contributed by atoms with E-state index in [1.807, 2.05) is 0 Å². The predicted octanol–water partition coefficient (Wildman–Crippen LogP) is 1.50. The normalized spacial score (nSPS) is 35.4. The van der Waals surface area contributed by atoms with Crippen LogP contribution < -0.4 is 4.74 Å². The number of aliphatic hydroxyl groups is 2. The predicted molar refractivity (Wildman–Crippen MR) is 91.0 cm³/mol. The molecule has 1 aliphatic carbocycles. The second-order valence-electron chi connectivity index (χ2n) is 7.26. The smallest absolute Gasteiger partial charge is 0.269 e. The molecule has 9 heteroatoms. The molecule has 2 N–H and O–H groups in total. The summed E-state index contributed by atoms with van der Waals surface area (Å²) in [6.07, 6.45) is -0.225. The van der Waals surface area contributed by atoms with Gasteiger partial charge in [0.2, 0.25) is 6.29 Å². The van der Waals surface area contributed by atoms with Crippen molar-refractivity contribution in [3.05, 3.63) is 34.4 Å². The van der Waals surface area contributed by atoms with Crippen LogP contribution in [0.2, 0.25) is 0 Å². The number of fused-ring (bicyclic) bond motifs is 1. The average Bonchev–Trinajstić information content (AvgIpc) is 2.68. The number of nitro groups is 1. The molecular weight excluding hydrogens is 358 g/mol. The monoisotopic (exact) mass is 381 g/mol. The van der Waals surface area contributed by atoms with E-state index in [1.165, 1.54) is 24.3 Å². The molecule has 9 nitrogen and oxygen atoms in total. The lowest BCUT2D eigenvalue weighted by Crippen LogP contribution is -2.66. The largest absolute Gasteiger partial charge is 0.462 e. The van der Waals surface area contributed by atoms with E-state index in [0.717, 1.165) is 32.1 Å². The van der Waals surface area contributed by atoms with Crippen LogP contribution in [0, 0.1) is 10.1 Å². The second-order valence-corrected chi connectivity index (χ2v) is 7.26. The second kappa shape index (κ2) is 7.33. The molecule has 5 atom stereocenters. The van der Waals surface area contributed by atoms with Gasteiger partial charge in [0.1, 0.15) is 30.2 Å². The van der Waals surface area contributed by atoms with E-state index in [4.69, 9.17) is 18.9 Å². The highest BCUT2D eigenvalue weighted by Gasteiger charge is 2.53. The standard InChI is InChI=1S/C18H23NO8/c20-14-15(21)17(25-12-6-4-11(5-7-12)19(22)23)26-13-10-24-18(27-16(13)14)8-2-1-3-9-18/h4-7,13-17,20-21H,1-3,8-10H2/t13?,14-,15?,16-,17-/m1/s1. The number of nitrogens with zero attached hydrogens (tertiary/aromatic N) is 1. The van der Waals surface area contributed by atoms with Crippen molar-refractivity contribution in [3.63, 3.8) is 0 Å². The molecular formula is C18H23NO8. The third-order valence-electron chi connectivity index (χ3n) is 5.42. The molecule has 0 aromatic heterocycles. The van der Waals surface area contributed by atoms with Gasteiger partial charge in [-0.05, 0) is 25.0 Å². The molecule has 2 heterocycles. The third-order valence-corrected chi connectivity index (χ3v) is 5.42. The Bertz CT molecular complexity index is 672. The van der Waals surface area contributed by atoms with Gasteiger partial charge in [0.15, 0.2) is 5.79 Å². The fourth-order valence-electron chi connectivity index (χ4n) is 3.93. The molecule has 1 aromatic rings. The van der Waals surface area contributed by atoms with Crippen LogP contribution in [0.3, 0.4) is 0 Å². The third kappa shape index (κ3) is 3.65. The maximum absolute atomic E-state index is 10.7. The van der Waals surface area contributed by atoms with Gasteiger partial charge in [0, 0.05) is 25.0 Å². The van der Waals surface area contributed by atoms with E-state index < -0.39 is 41.4 Å². The average molecular weight is 381 g/mol. The maximum Gasteiger partial charge on any atom is 0.269 e. The molecule has 4 rings (SSSR count). The van der Waals surface area contributed by atoms with Gasteiger partial charge in [0.05, 0.1) is 11.5 Å². The van der Waals surface area contributed by atoms with Crippen molar-refractivity contribution < 1.29 is 34.1 Å². The van der Waals surface area contributed by atoms with E-state index in [-0.39, 0.29) is 18.0 Å². The molecule has 27 heavy (non-hydrogen) atoms. The Kier molecular flexibility index (Phi) is 5.04. The number of ether oxygens (including phenoxy) is 4. The van der Waals surface area contributed by atoms with Crippen LogP contribution in [0.4, 0.5) is 5.69 Å². The van der Waals surface area contributed by atoms with Crippen LogP contribution in [0.1, 0.15) is 32.1 Å². The minimum Gasteiger partial charge on any atom is -0.462 e. The summed E-state index contributed by atoms with van der Waals surface area (Å²) >= 11 is 0. The quantitative estimate of drug-likeness (QED) is 0.597. The van der Waals surface area contributed by atoms with Crippen LogP contribution in [-0.4, -0.2) is 58.2 Å². The first-order valence-electron chi connectivity index (χ1n) is 9.22. The van der Waals surface area contributed by atoms with Gasteiger partial charge in [-0.2, -0.15) is 0 Å². The zero-order chi connectivity index (χ0) is 19.0. The van der Waals surface area contributed by atoms with Gasteiger partial charge < -0.3 is 29.2 Å². The van der Waals surface area contributed by atoms with Crippen LogP contribution >= 0.6 is 0 Å². The highest BCUT2D eigenvalue weighted by molar-refractivity contribution is 5.36. The van der Waals surface area contributed by atoms with Gasteiger partial charge in [-0.3, -0.25) is 10.1 Å². The molecule has 2 aliphatic heterocycles. The van der Waals surface area contributed by atoms with Gasteiger partial charge in [-0.25, -0.2) is 0 Å². The van der Waals surface area contributed by atoms with Gasteiger partial charge >= 0.3 is 0 Å². The molecule has 1 saturated carbocycles. The zero-order valence-electron chi connectivity index (χ0n) is 14.7. The van der Waals surface area contributed by atoms with Gasteiger partial charge in [-0.15, -0.1) is 0 Å². The van der Waals surface area contributed by atoms with E-state index >= 15 is 0 Å². The molecule has 3 fully saturated rings. The number of aliphatic hydroxyl groups excluding tert-OH is 2. The summed E-state index contributed by atoms with van der Waals surface area (Å²) in [4.78, 5) is 10.2. The number of non-ortho nitro benzene ring substituents is 1. The number of hydrogen-bond acceptors (Lipinski definition) is 8. The Morgan fingerprint density at radius 1 is 1.11 bits per heavy atom. The minimum absolute atomic E-state index is 0.0700. The van der Waals surface area contributed by atoms with Crippen LogP contribution in [-0.2, 0) is 14.2 Å². The maximum atomic E-state index is 10.7. The number of nitro benzene ring substituents is 1. The van der Waals surface area contributed by atoms with E-state index in [1.54, 1.807) is 0 Å². The lowest BCUT2D eigenvalue weighted by atomic mass is 9.90. The van der Waals surface area contributed by atoms with Crippen molar-refractivity contribution in [3.8, 4) is 5.75 Å². The molecule has 0 bridgehead atoms. The van der Waals surface area contributed by atoms with Crippen molar-refractivity contribution in [2.24, 2.45) is 0 Å². The molecule has 2 unspecified atom stereocenters. The van der Waals surface area contributed by atoms with Crippen LogP contribution in [0.25, 0.3) is 0 Å². The first-order valence-corrected chi connectivity index (χ1v) is 9.22. The Labute approximate surface area is 155 Å². The van der Waals surface area contributed by atoms with Crippen molar-refractivity contribution in [2.75, 3.05) is 6.61 Å². The minimum atomic E-state index is -1.32. The van der Waals surface area contributed by atoms with Gasteiger partial charge in [-0.1, -0.05) is 6.42 Å². The van der Waals surface area contributed by atoms with Crippen molar-refractivity contribution in [1.82, 2.24) is 0 Å². The first kappa shape index (κ1) is 18.6. The van der Waals surface area contributed by atoms with Crippen molar-refractivity contribution in [1.29, 1.82) is 0 Å². The molecule has 0 amide bonds. The highest BCUT2D eigenvalue weighted by atomic mass is 16.8. The van der Waals surface area contributed by atoms with Crippen molar-refractivity contribution in [2.45, 2.75) is 68.6 Å². The SMILES string of the molecule is O=[N+]([O-])c1ccc(O[C@@H]2OC3COC4(CCCCC4)O[C@H]3[C@H](O)C2O)cc1. The lowest BCUT2D eigenvalue weighted by Gasteiger charge is -2.51. The van der Waals surface area contributed by atoms with E-state index in [9.17, 15) is 20.3 Å². The number of benzene rings is 1. The highest BCUT2D eigenvalue weighted by Crippen LogP contribution is 2.40. The number of hydrogen-bond donors (Lipinski definition) is 2. The summed E-state index contributed by atoms with van der Waals surface area (Å²) in [7, 11) is 0. The molecule has 148 valence electrons. The fourth-order valence-corrected chi connectivity index (χ4v) is 3.93. The fraction of sp³-hybridized carbons (Fsp3) is 0.667.